The van der Waals surface area contributed by atoms with Crippen molar-refractivity contribution in [2.45, 2.75) is 0 Å². The monoisotopic (exact) mass is 532 g/mol. The Bertz CT molecular complexity index is 760. The lowest BCUT2D eigenvalue weighted by molar-refractivity contribution is 0.323. The largest absolute Gasteiger partial charge is 0.397 e. The summed E-state index contributed by atoms with van der Waals surface area (Å²) in [6.45, 7) is 0. The van der Waals surface area contributed by atoms with Crippen LogP contribution < -0.4 is 0 Å². The lowest BCUT2D eigenvalue weighted by atomic mass is 11.8. The maximum Gasteiger partial charge on any atom is 0.397 e. The third-order valence-electron chi connectivity index (χ3n) is 0.632. The van der Waals surface area contributed by atoms with Crippen LogP contribution in [0, 0.1) is 0 Å². The molecule has 0 amide bonds. The van der Waals surface area contributed by atoms with Gasteiger partial charge in [-0.3, -0.25) is 44.4 Å². The van der Waals surface area contributed by atoms with Crippen LogP contribution in [0.15, 0.2) is 0 Å². The van der Waals surface area contributed by atoms with Crippen molar-refractivity contribution in [2.75, 3.05) is 21.3 Å². The Balaban J connectivity index is -0.0000000789. The molecule has 20 nitrogen and oxygen atoms in total. The van der Waals surface area contributed by atoms with Gasteiger partial charge in [0, 0.05) is 0 Å². The van der Waals surface area contributed by atoms with E-state index in [1.807, 2.05) is 0 Å². The van der Waals surface area contributed by atoms with Gasteiger partial charge >= 0.3 is 52.0 Å². The van der Waals surface area contributed by atoms with Crippen LogP contribution in [0.2, 0.25) is 0 Å². The molecule has 0 aliphatic heterocycles. The normalized spacial score (nSPS) is 11.6. The van der Waals surface area contributed by atoms with Crippen LogP contribution in [0.4, 0.5) is 0 Å². The number of hydrogen-bond acceptors (Lipinski definition) is 13. The Morgan fingerprint density at radius 1 is 0.393 bits per heavy atom. The van der Waals surface area contributed by atoms with E-state index in [9.17, 15) is 25.3 Å². The average Bonchev–Trinajstić information content (AvgIpc) is 2.33. The first-order valence-electron chi connectivity index (χ1n) is 4.67. The molecule has 25 heteroatoms. The molecule has 0 rings (SSSR count). The Labute approximate surface area is 160 Å². The fraction of sp³-hybridized carbons (Fsp3) is 1.00. The summed E-state index contributed by atoms with van der Waals surface area (Å²) in [7, 11) is -19.2. The Kier molecular flexibility index (Phi) is 22.0. The summed E-state index contributed by atoms with van der Waals surface area (Å²) in [5.41, 5.74) is 0. The van der Waals surface area contributed by atoms with Crippen LogP contribution >= 0.6 is 0 Å². The van der Waals surface area contributed by atoms with Crippen molar-refractivity contribution >= 4 is 52.0 Å². The molecule has 0 atom stereocenters. The SMILES string of the molecule is COS(=O)(=O)O.COS(=O)(=O)O.COS(=O)(=O)O.O=S(=O)(O)O.O=S(=O)(O)O. The molecular formula is C3H16O20S5. The zero-order valence-electron chi connectivity index (χ0n) is 13.5. The van der Waals surface area contributed by atoms with E-state index >= 15 is 0 Å². The predicted molar refractivity (Wildman–Crippen MR) is 84.0 cm³/mol. The van der Waals surface area contributed by atoms with Gasteiger partial charge in [0.25, 0.3) is 0 Å². The minimum Gasteiger partial charge on any atom is -0.264 e. The first-order valence-corrected chi connectivity index (χ1v) is 11.6. The zero-order chi connectivity index (χ0) is 24.6. The minimum atomic E-state index is -4.67. The highest BCUT2D eigenvalue weighted by Gasteiger charge is 1.95. The highest BCUT2D eigenvalue weighted by atomic mass is 32.3. The van der Waals surface area contributed by atoms with E-state index in [-0.39, 0.29) is 0 Å². The summed E-state index contributed by atoms with van der Waals surface area (Å²) >= 11 is 0. The first kappa shape index (κ1) is 38.0. The predicted octanol–water partition coefficient (Wildman–Crippen LogP) is -3.00. The Hall–Kier alpha value is -0.650. The summed E-state index contributed by atoms with van der Waals surface area (Å²) < 4.78 is 152. The Morgan fingerprint density at radius 2 is 0.429 bits per heavy atom. The molecule has 0 unspecified atom stereocenters. The van der Waals surface area contributed by atoms with Crippen LogP contribution in [0.5, 0.6) is 0 Å². The second-order valence-corrected chi connectivity index (χ2v) is 8.04. The van der Waals surface area contributed by atoms with Gasteiger partial charge in [0.05, 0.1) is 21.3 Å². The lowest BCUT2D eigenvalue weighted by Gasteiger charge is -1.82. The Morgan fingerprint density at radius 3 is 0.429 bits per heavy atom. The fourth-order valence-corrected chi connectivity index (χ4v) is 0. The van der Waals surface area contributed by atoms with Gasteiger partial charge in [-0.1, -0.05) is 0 Å². The molecule has 0 spiro atoms. The summed E-state index contributed by atoms with van der Waals surface area (Å²) in [5.74, 6) is 0. The van der Waals surface area contributed by atoms with Crippen LogP contribution in [0.3, 0.4) is 0 Å². The molecule has 0 aliphatic rings. The summed E-state index contributed by atoms with van der Waals surface area (Å²) in [6, 6.07) is 0. The lowest BCUT2D eigenvalue weighted by Crippen LogP contribution is -1.96. The van der Waals surface area contributed by atoms with E-state index < -0.39 is 52.0 Å². The maximum atomic E-state index is 9.33. The number of rotatable bonds is 3. The summed E-state index contributed by atoms with van der Waals surface area (Å²) in [4.78, 5) is 0. The molecule has 0 fully saturated rings. The highest BCUT2D eigenvalue weighted by Crippen LogP contribution is 1.76. The van der Waals surface area contributed by atoms with Crippen molar-refractivity contribution in [3.63, 3.8) is 0 Å². The molecule has 0 saturated carbocycles. The third kappa shape index (κ3) is 216. The molecule has 7 N–H and O–H groups in total. The molecule has 0 aromatic heterocycles. The van der Waals surface area contributed by atoms with E-state index in [2.05, 4.69) is 12.5 Å². The molecule has 0 aromatic rings. The molecule has 0 aromatic carbocycles. The second kappa shape index (κ2) is 16.2. The van der Waals surface area contributed by atoms with Crippen molar-refractivity contribution in [1.29, 1.82) is 0 Å². The van der Waals surface area contributed by atoms with Gasteiger partial charge in [-0.25, -0.2) is 0 Å². The van der Waals surface area contributed by atoms with Crippen LogP contribution in [0.1, 0.15) is 0 Å². The van der Waals surface area contributed by atoms with E-state index in [1.54, 1.807) is 0 Å². The van der Waals surface area contributed by atoms with Crippen LogP contribution in [-0.2, 0) is 64.5 Å². The molecule has 178 valence electrons. The van der Waals surface area contributed by atoms with Crippen molar-refractivity contribution in [3.8, 4) is 0 Å². The van der Waals surface area contributed by atoms with Gasteiger partial charge in [-0.15, -0.1) is 0 Å². The topological polar surface area (TPSA) is 340 Å². The smallest absolute Gasteiger partial charge is 0.264 e. The standard InChI is InChI=1S/3CH4O4S.2H2O4S/c3*1-5-6(2,3)4;2*1-5(2,3)4/h3*1H3,(H,2,3,4);2*(H2,1,2,3,4). The van der Waals surface area contributed by atoms with Gasteiger partial charge in [-0.2, -0.15) is 42.1 Å². The van der Waals surface area contributed by atoms with Crippen LogP contribution in [-0.4, -0.2) is 95.3 Å². The summed E-state index contributed by atoms with van der Waals surface area (Å²) in [6.07, 6.45) is 0. The quantitative estimate of drug-likeness (QED) is 0.178. The second-order valence-electron chi connectivity index (χ2n) is 2.68. The van der Waals surface area contributed by atoms with Crippen molar-refractivity contribution < 1.29 is 86.5 Å². The number of hydrogen-bond donors (Lipinski definition) is 7. The van der Waals surface area contributed by atoms with Gasteiger partial charge in [0.15, 0.2) is 0 Å². The summed E-state index contributed by atoms with van der Waals surface area (Å²) in [5, 5.41) is 0. The van der Waals surface area contributed by atoms with E-state index in [1.165, 1.54) is 0 Å². The maximum absolute atomic E-state index is 9.33. The molecule has 0 bridgehead atoms. The fourth-order valence-electron chi connectivity index (χ4n) is 0. The third-order valence-corrected chi connectivity index (χ3v) is 1.90. The molecule has 0 aliphatic carbocycles. The van der Waals surface area contributed by atoms with Gasteiger partial charge < -0.3 is 0 Å². The van der Waals surface area contributed by atoms with Crippen molar-refractivity contribution in [1.82, 2.24) is 0 Å². The highest BCUT2D eigenvalue weighted by molar-refractivity contribution is 7.81. The van der Waals surface area contributed by atoms with Crippen molar-refractivity contribution in [3.05, 3.63) is 0 Å². The van der Waals surface area contributed by atoms with E-state index in [0.29, 0.717) is 0 Å². The molecule has 0 saturated heterocycles. The average molecular weight is 532 g/mol. The molecule has 0 heterocycles. The van der Waals surface area contributed by atoms with Crippen molar-refractivity contribution in [2.24, 2.45) is 0 Å². The molecule has 28 heavy (non-hydrogen) atoms. The van der Waals surface area contributed by atoms with E-state index in [0.717, 1.165) is 21.3 Å². The zero-order valence-corrected chi connectivity index (χ0v) is 17.6. The first-order chi connectivity index (χ1) is 11.7. The van der Waals surface area contributed by atoms with Gasteiger partial charge in [0.2, 0.25) is 0 Å². The van der Waals surface area contributed by atoms with E-state index in [4.69, 9.17) is 48.7 Å². The molecule has 0 radical (unpaired) electrons. The van der Waals surface area contributed by atoms with Gasteiger partial charge in [0.1, 0.15) is 0 Å². The molecular weight excluding hydrogens is 516 g/mol. The van der Waals surface area contributed by atoms with Gasteiger partial charge in [-0.05, 0) is 0 Å². The van der Waals surface area contributed by atoms with Crippen LogP contribution in [0.25, 0.3) is 0 Å². The minimum absolute atomic E-state index is 0.870.